The molecule has 0 aliphatic heterocycles. The van der Waals surface area contributed by atoms with Gasteiger partial charge < -0.3 is 20.9 Å². The van der Waals surface area contributed by atoms with Crippen molar-refractivity contribution in [2.24, 2.45) is 0 Å². The van der Waals surface area contributed by atoms with Gasteiger partial charge in [0.25, 0.3) is 0 Å². The van der Waals surface area contributed by atoms with E-state index in [9.17, 15) is 5.11 Å². The number of aromatic amines is 1. The van der Waals surface area contributed by atoms with Crippen molar-refractivity contribution >= 4 is 17.0 Å². The van der Waals surface area contributed by atoms with Crippen molar-refractivity contribution in [3.05, 3.63) is 78.5 Å². The number of nitrogens with zero attached hydrogens (tertiary/aromatic N) is 5. The van der Waals surface area contributed by atoms with Gasteiger partial charge in [-0.05, 0) is 17.7 Å². The Morgan fingerprint density at radius 1 is 1.06 bits per heavy atom. The Morgan fingerprint density at radius 2 is 1.91 bits per heavy atom. The Morgan fingerprint density at radius 3 is 2.73 bits per heavy atom. The number of pyridine rings is 1. The Hall–Kier alpha value is -4.08. The molecule has 1 aromatic carbocycles. The molecule has 1 atom stereocenters. The highest BCUT2D eigenvalue weighted by molar-refractivity contribution is 5.95. The normalized spacial score (nSPS) is 12.3. The third-order valence-electron chi connectivity index (χ3n) is 5.49. The summed E-state index contributed by atoms with van der Waals surface area (Å²) in [6.45, 7) is 0.458. The number of hydrogen-bond donors (Lipinski definition) is 4. The Kier molecular flexibility index (Phi) is 5.55. The van der Waals surface area contributed by atoms with E-state index in [1.807, 2.05) is 54.9 Å². The summed E-state index contributed by atoms with van der Waals surface area (Å²) in [5.74, 6) is 0.145. The average Bonchev–Trinajstić information content (AvgIpc) is 3.46. The van der Waals surface area contributed by atoms with E-state index in [2.05, 4.69) is 25.0 Å². The monoisotopic (exact) mass is 441 g/mol. The zero-order valence-electron chi connectivity index (χ0n) is 17.8. The molecule has 5 rings (SSSR count). The van der Waals surface area contributed by atoms with E-state index < -0.39 is 6.10 Å². The van der Waals surface area contributed by atoms with Crippen LogP contribution < -0.4 is 5.73 Å². The van der Waals surface area contributed by atoms with Crippen molar-refractivity contribution in [1.82, 2.24) is 29.7 Å². The molecule has 1 unspecified atom stereocenters. The van der Waals surface area contributed by atoms with Crippen molar-refractivity contribution < 1.29 is 10.2 Å². The van der Waals surface area contributed by atoms with E-state index >= 15 is 0 Å². The molecule has 5 aromatic rings. The summed E-state index contributed by atoms with van der Waals surface area (Å²) in [6.07, 6.45) is 6.86. The van der Waals surface area contributed by atoms with E-state index in [1.165, 1.54) is 0 Å². The van der Waals surface area contributed by atoms with E-state index in [0.29, 0.717) is 24.4 Å². The highest BCUT2D eigenvalue weighted by atomic mass is 16.3. The Balaban J connectivity index is 1.49. The van der Waals surface area contributed by atoms with Crippen LogP contribution in [-0.4, -0.2) is 46.5 Å². The van der Waals surface area contributed by atoms with Crippen LogP contribution in [0.15, 0.2) is 67.3 Å². The number of aromatic nitrogens is 6. The fourth-order valence-electron chi connectivity index (χ4n) is 3.86. The molecule has 0 aliphatic rings. The third kappa shape index (κ3) is 4.32. The van der Waals surface area contributed by atoms with Crippen molar-refractivity contribution in [3.8, 4) is 22.4 Å². The van der Waals surface area contributed by atoms with Gasteiger partial charge in [-0.3, -0.25) is 4.68 Å². The number of H-pyrrole nitrogens is 1. The fourth-order valence-corrected chi connectivity index (χ4v) is 3.86. The number of rotatable bonds is 7. The number of nitrogens with two attached hydrogens (primary N) is 1. The van der Waals surface area contributed by atoms with E-state index in [-0.39, 0.29) is 12.6 Å². The fraction of sp³-hybridized carbons (Fsp3) is 0.167. The first-order chi connectivity index (χ1) is 16.1. The van der Waals surface area contributed by atoms with Crippen LogP contribution in [0, 0.1) is 0 Å². The topological polar surface area (TPSA) is 139 Å². The highest BCUT2D eigenvalue weighted by Gasteiger charge is 2.15. The molecule has 0 saturated heterocycles. The van der Waals surface area contributed by atoms with Crippen LogP contribution in [0.3, 0.4) is 0 Å². The summed E-state index contributed by atoms with van der Waals surface area (Å²) >= 11 is 0. The summed E-state index contributed by atoms with van der Waals surface area (Å²) in [4.78, 5) is 16.5. The molecule has 0 amide bonds. The predicted molar refractivity (Wildman–Crippen MR) is 125 cm³/mol. The lowest BCUT2D eigenvalue weighted by Crippen LogP contribution is -2.06. The zero-order valence-corrected chi connectivity index (χ0v) is 17.8. The lowest BCUT2D eigenvalue weighted by molar-refractivity contribution is 0.177. The summed E-state index contributed by atoms with van der Waals surface area (Å²) in [5.41, 5.74) is 11.5. The molecule has 0 fully saturated rings. The van der Waals surface area contributed by atoms with E-state index in [0.717, 1.165) is 33.3 Å². The predicted octanol–water partition coefficient (Wildman–Crippen LogP) is 2.73. The third-order valence-corrected chi connectivity index (χ3v) is 5.49. The molecule has 5 N–H and O–H groups in total. The molecule has 9 nitrogen and oxygen atoms in total. The minimum atomic E-state index is -0.694. The molecule has 0 saturated carbocycles. The lowest BCUT2D eigenvalue weighted by Gasteiger charge is -2.11. The second-order valence-corrected chi connectivity index (χ2v) is 7.77. The van der Waals surface area contributed by atoms with Crippen LogP contribution in [0.1, 0.15) is 17.4 Å². The van der Waals surface area contributed by atoms with Gasteiger partial charge in [0.2, 0.25) is 5.95 Å². The van der Waals surface area contributed by atoms with Gasteiger partial charge in [0.05, 0.1) is 31.1 Å². The van der Waals surface area contributed by atoms with Gasteiger partial charge in [-0.2, -0.15) is 5.10 Å². The smallest absolute Gasteiger partial charge is 0.220 e. The largest absolute Gasteiger partial charge is 0.394 e. The number of nitrogens with one attached hydrogen (secondary N) is 1. The maximum atomic E-state index is 10.6. The van der Waals surface area contributed by atoms with Crippen molar-refractivity contribution in [2.75, 3.05) is 12.3 Å². The second kappa shape index (κ2) is 8.81. The van der Waals surface area contributed by atoms with Crippen molar-refractivity contribution in [2.45, 2.75) is 19.1 Å². The number of nitrogen functional groups attached to an aromatic ring is 1. The van der Waals surface area contributed by atoms with Crippen LogP contribution in [0.2, 0.25) is 0 Å². The molecular weight excluding hydrogens is 418 g/mol. The van der Waals surface area contributed by atoms with Crippen molar-refractivity contribution in [1.29, 1.82) is 0 Å². The lowest BCUT2D eigenvalue weighted by atomic mass is 10.0. The number of anilines is 1. The highest BCUT2D eigenvalue weighted by Crippen LogP contribution is 2.31. The average molecular weight is 441 g/mol. The van der Waals surface area contributed by atoms with Gasteiger partial charge in [-0.25, -0.2) is 15.0 Å². The van der Waals surface area contributed by atoms with Gasteiger partial charge in [0.1, 0.15) is 5.65 Å². The number of fused-ring (bicyclic) bond motifs is 1. The van der Waals surface area contributed by atoms with Gasteiger partial charge in [-0.15, -0.1) is 0 Å². The van der Waals surface area contributed by atoms with E-state index in [1.54, 1.807) is 17.1 Å². The number of aliphatic hydroxyl groups is 2. The quantitative estimate of drug-likeness (QED) is 0.304. The van der Waals surface area contributed by atoms with Gasteiger partial charge in [0.15, 0.2) is 0 Å². The zero-order chi connectivity index (χ0) is 22.8. The van der Waals surface area contributed by atoms with Crippen LogP contribution in [0.5, 0.6) is 0 Å². The molecular formula is C24H23N7O2. The minimum Gasteiger partial charge on any atom is -0.394 e. The molecule has 0 aliphatic carbocycles. The summed E-state index contributed by atoms with van der Waals surface area (Å²) < 4.78 is 1.69. The Labute approximate surface area is 189 Å². The SMILES string of the molecule is Nc1nc(CC(O)c2ccccc2)cc(-c2c[nH]c3ncc(-c4cnn(CCO)c4)cc23)n1. The molecule has 0 spiro atoms. The number of aliphatic hydroxyl groups excluding tert-OH is 2. The second-order valence-electron chi connectivity index (χ2n) is 7.77. The van der Waals surface area contributed by atoms with E-state index in [4.69, 9.17) is 10.8 Å². The first-order valence-corrected chi connectivity index (χ1v) is 10.6. The van der Waals surface area contributed by atoms with Crippen LogP contribution >= 0.6 is 0 Å². The molecule has 4 aromatic heterocycles. The summed E-state index contributed by atoms with van der Waals surface area (Å²) in [6, 6.07) is 13.3. The minimum absolute atomic E-state index is 0.0246. The van der Waals surface area contributed by atoms with Crippen LogP contribution in [-0.2, 0) is 13.0 Å². The molecule has 33 heavy (non-hydrogen) atoms. The molecule has 0 bridgehead atoms. The summed E-state index contributed by atoms with van der Waals surface area (Å²) in [7, 11) is 0. The maximum Gasteiger partial charge on any atom is 0.220 e. The number of hydrogen-bond acceptors (Lipinski definition) is 7. The first kappa shape index (κ1) is 20.8. The van der Waals surface area contributed by atoms with Crippen LogP contribution in [0.4, 0.5) is 5.95 Å². The van der Waals surface area contributed by atoms with Gasteiger partial charge in [-0.1, -0.05) is 30.3 Å². The number of benzene rings is 1. The van der Waals surface area contributed by atoms with Crippen molar-refractivity contribution in [3.63, 3.8) is 0 Å². The standard InChI is InChI=1S/C24H23N7O2/c25-24-29-18(10-22(33)15-4-2-1-3-5-15)9-21(30-24)20-13-27-23-19(20)8-16(11-26-23)17-12-28-31(14-17)6-7-32/h1-5,8-9,11-14,22,32-33H,6-7,10H2,(H,26,27)(H2,25,29,30). The molecule has 9 heteroatoms. The summed E-state index contributed by atoms with van der Waals surface area (Å²) in [5, 5.41) is 24.9. The molecule has 0 radical (unpaired) electrons. The first-order valence-electron chi connectivity index (χ1n) is 10.6. The van der Waals surface area contributed by atoms with Crippen LogP contribution in [0.25, 0.3) is 33.4 Å². The maximum absolute atomic E-state index is 10.6. The van der Waals surface area contributed by atoms with Gasteiger partial charge in [0, 0.05) is 52.8 Å². The Bertz CT molecular complexity index is 1390. The molecule has 166 valence electrons. The molecule has 4 heterocycles. The van der Waals surface area contributed by atoms with Gasteiger partial charge >= 0.3 is 0 Å².